The van der Waals surface area contributed by atoms with E-state index in [1.165, 1.54) is 41.5 Å². The Morgan fingerprint density at radius 1 is 1.19 bits per heavy atom. The molecular formula is C19H15ClF3N7O. The van der Waals surface area contributed by atoms with Gasteiger partial charge in [-0.15, -0.1) is 4.80 Å². The number of pyridine rings is 1. The van der Waals surface area contributed by atoms with E-state index >= 15 is 0 Å². The molecule has 31 heavy (non-hydrogen) atoms. The van der Waals surface area contributed by atoms with Crippen LogP contribution >= 0.6 is 11.6 Å². The lowest BCUT2D eigenvalue weighted by Crippen LogP contribution is -2.44. The van der Waals surface area contributed by atoms with Gasteiger partial charge in [0.25, 0.3) is 0 Å². The molecule has 0 fully saturated rings. The average molecular weight is 450 g/mol. The van der Waals surface area contributed by atoms with Crippen molar-refractivity contribution in [2.45, 2.75) is 12.2 Å². The lowest BCUT2D eigenvalue weighted by atomic mass is 10.0. The van der Waals surface area contributed by atoms with Crippen LogP contribution in [0.5, 0.6) is 0 Å². The summed E-state index contributed by atoms with van der Waals surface area (Å²) >= 11 is 6.16. The summed E-state index contributed by atoms with van der Waals surface area (Å²) in [4.78, 5) is 18.0. The molecule has 3 heterocycles. The Balaban J connectivity index is 1.64. The number of hydrogen-bond acceptors (Lipinski definition) is 6. The third kappa shape index (κ3) is 4.09. The van der Waals surface area contributed by atoms with Crippen molar-refractivity contribution in [2.24, 2.45) is 0 Å². The Morgan fingerprint density at radius 2 is 1.87 bits per heavy atom. The quantitative estimate of drug-likeness (QED) is 0.636. The predicted octanol–water partition coefficient (Wildman–Crippen LogP) is 3.05. The second-order valence-electron chi connectivity index (χ2n) is 6.58. The fourth-order valence-corrected chi connectivity index (χ4v) is 3.50. The Morgan fingerprint density at radius 3 is 2.48 bits per heavy atom. The van der Waals surface area contributed by atoms with Gasteiger partial charge in [0.2, 0.25) is 5.91 Å². The largest absolute Gasteiger partial charge is 0.416 e. The highest BCUT2D eigenvalue weighted by molar-refractivity contribution is 6.32. The average Bonchev–Trinajstić information content (AvgIpc) is 3.36. The highest BCUT2D eigenvalue weighted by Crippen LogP contribution is 2.39. The van der Waals surface area contributed by atoms with Crippen LogP contribution in [-0.4, -0.2) is 50.2 Å². The molecule has 2 aromatic heterocycles. The zero-order valence-electron chi connectivity index (χ0n) is 15.9. The molecule has 1 aromatic carbocycles. The number of anilines is 1. The second-order valence-corrected chi connectivity index (χ2v) is 6.99. The fraction of sp³-hybridized carbons (Fsp3) is 0.158. The molecule has 0 saturated carbocycles. The molecule has 4 rings (SSSR count). The van der Waals surface area contributed by atoms with Crippen molar-refractivity contribution in [1.82, 2.24) is 30.4 Å². The molecule has 0 bridgehead atoms. The molecule has 3 aromatic rings. The SMILES string of the molecule is CN1NC(C(=O)Nc2cnc(-n3nccn3)c(Cl)c2)C(C(F)(F)F)=C1c1ccccc1. The van der Waals surface area contributed by atoms with Gasteiger partial charge in [-0.1, -0.05) is 41.9 Å². The zero-order chi connectivity index (χ0) is 22.2. The molecule has 1 unspecified atom stereocenters. The molecule has 1 amide bonds. The Bertz CT molecular complexity index is 1130. The number of hydrogen-bond donors (Lipinski definition) is 2. The van der Waals surface area contributed by atoms with E-state index in [1.807, 2.05) is 0 Å². The molecule has 0 aliphatic carbocycles. The van der Waals surface area contributed by atoms with Crippen LogP contribution in [0.15, 0.2) is 60.6 Å². The molecular weight excluding hydrogens is 435 g/mol. The number of alkyl halides is 3. The van der Waals surface area contributed by atoms with Gasteiger partial charge < -0.3 is 10.3 Å². The molecule has 0 spiro atoms. The molecule has 0 radical (unpaired) electrons. The van der Waals surface area contributed by atoms with Gasteiger partial charge >= 0.3 is 6.18 Å². The first-order chi connectivity index (χ1) is 14.8. The molecule has 1 aliphatic heterocycles. The molecule has 12 heteroatoms. The second kappa shape index (κ2) is 8.00. The summed E-state index contributed by atoms with van der Waals surface area (Å²) in [6.45, 7) is 0. The van der Waals surface area contributed by atoms with Crippen LogP contribution in [0.1, 0.15) is 5.56 Å². The van der Waals surface area contributed by atoms with E-state index in [9.17, 15) is 18.0 Å². The Labute approximate surface area is 179 Å². The van der Waals surface area contributed by atoms with E-state index in [4.69, 9.17) is 11.6 Å². The van der Waals surface area contributed by atoms with Gasteiger partial charge in [0, 0.05) is 7.05 Å². The molecule has 160 valence electrons. The molecule has 2 N–H and O–H groups in total. The first-order valence-electron chi connectivity index (χ1n) is 8.95. The van der Waals surface area contributed by atoms with E-state index in [2.05, 4.69) is 25.9 Å². The van der Waals surface area contributed by atoms with Gasteiger partial charge in [0.15, 0.2) is 5.82 Å². The Kier molecular flexibility index (Phi) is 5.38. The third-order valence-electron chi connectivity index (χ3n) is 4.51. The number of rotatable bonds is 4. The number of amides is 1. The number of carbonyl (C=O) groups is 1. The van der Waals surface area contributed by atoms with Crippen LogP contribution in [0.25, 0.3) is 11.5 Å². The molecule has 8 nitrogen and oxygen atoms in total. The predicted molar refractivity (Wildman–Crippen MR) is 107 cm³/mol. The van der Waals surface area contributed by atoms with E-state index in [0.717, 1.165) is 0 Å². The highest BCUT2D eigenvalue weighted by Gasteiger charge is 2.49. The smallest absolute Gasteiger partial charge is 0.323 e. The number of carbonyl (C=O) groups excluding carboxylic acids is 1. The summed E-state index contributed by atoms with van der Waals surface area (Å²) in [5.74, 6) is -0.696. The van der Waals surface area contributed by atoms with Gasteiger partial charge in [0.05, 0.1) is 40.6 Å². The van der Waals surface area contributed by atoms with Crippen LogP contribution < -0.4 is 10.7 Å². The molecule has 0 saturated heterocycles. The van der Waals surface area contributed by atoms with Crippen molar-refractivity contribution in [1.29, 1.82) is 0 Å². The van der Waals surface area contributed by atoms with Crippen molar-refractivity contribution in [3.8, 4) is 5.82 Å². The van der Waals surface area contributed by atoms with Crippen LogP contribution in [0, 0.1) is 0 Å². The van der Waals surface area contributed by atoms with E-state index in [1.54, 1.807) is 30.3 Å². The number of benzene rings is 1. The summed E-state index contributed by atoms with van der Waals surface area (Å²) in [7, 11) is 1.42. The van der Waals surface area contributed by atoms with Crippen LogP contribution in [0.3, 0.4) is 0 Å². The lowest BCUT2D eigenvalue weighted by molar-refractivity contribution is -0.123. The Hall–Kier alpha value is -3.44. The van der Waals surface area contributed by atoms with Gasteiger partial charge in [-0.25, -0.2) is 10.4 Å². The number of hydrazine groups is 1. The number of nitrogens with one attached hydrogen (secondary N) is 2. The van der Waals surface area contributed by atoms with Crippen molar-refractivity contribution < 1.29 is 18.0 Å². The summed E-state index contributed by atoms with van der Waals surface area (Å²) in [5, 5.41) is 11.6. The third-order valence-corrected chi connectivity index (χ3v) is 4.79. The van der Waals surface area contributed by atoms with E-state index in [-0.39, 0.29) is 22.2 Å². The van der Waals surface area contributed by atoms with Crippen molar-refractivity contribution >= 4 is 28.9 Å². The van der Waals surface area contributed by atoms with Crippen molar-refractivity contribution in [2.75, 3.05) is 12.4 Å². The summed E-state index contributed by atoms with van der Waals surface area (Å²) in [6.07, 6.45) is -0.608. The summed E-state index contributed by atoms with van der Waals surface area (Å²) < 4.78 is 41.8. The van der Waals surface area contributed by atoms with E-state index in [0.29, 0.717) is 5.56 Å². The highest BCUT2D eigenvalue weighted by atomic mass is 35.5. The normalized spacial score (nSPS) is 16.7. The van der Waals surface area contributed by atoms with Crippen LogP contribution in [-0.2, 0) is 4.79 Å². The fourth-order valence-electron chi connectivity index (χ4n) is 3.26. The summed E-state index contributed by atoms with van der Waals surface area (Å²) in [6, 6.07) is 7.74. The van der Waals surface area contributed by atoms with E-state index < -0.39 is 23.7 Å². The topological polar surface area (TPSA) is 88.0 Å². The standard InChI is InChI=1S/C19H15ClF3N7O/c1-29-16(11-5-3-2-4-6-11)14(19(21,22)23)15(28-29)18(31)27-12-9-13(20)17(24-10-12)30-25-7-8-26-30/h2-10,15,28H,1H3,(H,27,31). The maximum absolute atomic E-state index is 13.9. The molecule has 1 aliphatic rings. The zero-order valence-corrected chi connectivity index (χ0v) is 16.7. The van der Waals surface area contributed by atoms with Gasteiger partial charge in [-0.2, -0.15) is 23.4 Å². The van der Waals surface area contributed by atoms with Crippen LogP contribution in [0.2, 0.25) is 5.02 Å². The summed E-state index contributed by atoms with van der Waals surface area (Å²) in [5.41, 5.74) is 1.93. The number of aromatic nitrogens is 4. The molecule has 1 atom stereocenters. The number of halogens is 4. The first kappa shape index (κ1) is 20.8. The maximum atomic E-state index is 13.9. The minimum absolute atomic E-state index is 0.113. The van der Waals surface area contributed by atoms with Gasteiger partial charge in [-0.3, -0.25) is 4.79 Å². The maximum Gasteiger partial charge on any atom is 0.416 e. The van der Waals surface area contributed by atoms with Crippen molar-refractivity contribution in [3.05, 3.63) is 71.1 Å². The van der Waals surface area contributed by atoms with Crippen molar-refractivity contribution in [3.63, 3.8) is 0 Å². The lowest BCUT2D eigenvalue weighted by Gasteiger charge is -2.18. The monoisotopic (exact) mass is 449 g/mol. The minimum atomic E-state index is -4.74. The van der Waals surface area contributed by atoms with Gasteiger partial charge in [-0.05, 0) is 11.6 Å². The van der Waals surface area contributed by atoms with Gasteiger partial charge in [0.1, 0.15) is 6.04 Å². The first-order valence-corrected chi connectivity index (χ1v) is 9.33. The van der Waals surface area contributed by atoms with Crippen LogP contribution in [0.4, 0.5) is 18.9 Å². The minimum Gasteiger partial charge on any atom is -0.323 e. The number of nitrogens with zero attached hydrogens (tertiary/aromatic N) is 5.